The Labute approximate surface area is 145 Å². The van der Waals surface area contributed by atoms with Gasteiger partial charge in [0.05, 0.1) is 0 Å². The first-order chi connectivity index (χ1) is 12.4. The lowest BCUT2D eigenvalue weighted by atomic mass is 10.0. The van der Waals surface area contributed by atoms with Gasteiger partial charge in [0, 0.05) is 5.56 Å². The zero-order chi connectivity index (χ0) is 16.9. The molecular weight excluding hydrogens is 312 g/mol. The van der Waals surface area contributed by atoms with Crippen LogP contribution in [0, 0.1) is 0 Å². The fourth-order valence-corrected chi connectivity index (χ4v) is 2.60. The van der Waals surface area contributed by atoms with E-state index in [2.05, 4.69) is 57.0 Å². The van der Waals surface area contributed by atoms with Crippen molar-refractivity contribution in [2.45, 2.75) is 6.61 Å². The number of nitrogens with zero attached hydrogens (tertiary/aromatic N) is 3. The second-order valence-corrected chi connectivity index (χ2v) is 5.61. The van der Waals surface area contributed by atoms with Gasteiger partial charge in [0.15, 0.2) is 0 Å². The number of aromatic nitrogens is 4. The maximum Gasteiger partial charge on any atom is 0.204 e. The van der Waals surface area contributed by atoms with E-state index in [4.69, 9.17) is 4.74 Å². The summed E-state index contributed by atoms with van der Waals surface area (Å²) < 4.78 is 5.89. The Morgan fingerprint density at radius 3 is 2.28 bits per heavy atom. The zero-order valence-electron chi connectivity index (χ0n) is 13.5. The second-order valence-electron chi connectivity index (χ2n) is 5.61. The molecule has 0 radical (unpaired) electrons. The maximum atomic E-state index is 5.89. The molecule has 0 aliphatic carbocycles. The van der Waals surface area contributed by atoms with Crippen LogP contribution in [-0.2, 0) is 6.61 Å². The molecule has 1 aromatic heterocycles. The van der Waals surface area contributed by atoms with Gasteiger partial charge in [-0.15, -0.1) is 10.2 Å². The average Bonchev–Trinajstić information content (AvgIpc) is 3.23. The molecule has 4 aromatic rings. The van der Waals surface area contributed by atoms with Crippen molar-refractivity contribution in [1.29, 1.82) is 0 Å². The summed E-state index contributed by atoms with van der Waals surface area (Å²) in [4.78, 5) is 0. The Bertz CT molecular complexity index is 935. The monoisotopic (exact) mass is 328 g/mol. The quantitative estimate of drug-likeness (QED) is 0.599. The van der Waals surface area contributed by atoms with Gasteiger partial charge in [-0.2, -0.15) is 5.21 Å². The number of tetrazole rings is 1. The van der Waals surface area contributed by atoms with Gasteiger partial charge < -0.3 is 4.74 Å². The van der Waals surface area contributed by atoms with Gasteiger partial charge in [-0.05, 0) is 34.0 Å². The standard InChI is InChI=1S/C20H16N4O/c1-2-5-16(6-3-1)17-11-9-15(10-12-17)14-25-19-8-4-7-18(13-19)20-21-23-24-22-20/h1-13H,14H2,(H,21,22,23,24). The lowest BCUT2D eigenvalue weighted by Gasteiger charge is -2.08. The van der Waals surface area contributed by atoms with Crippen LogP contribution in [0.3, 0.4) is 0 Å². The van der Waals surface area contributed by atoms with Gasteiger partial charge in [-0.1, -0.05) is 66.7 Å². The summed E-state index contributed by atoms with van der Waals surface area (Å²) in [6, 6.07) is 26.4. The highest BCUT2D eigenvalue weighted by Crippen LogP contribution is 2.22. The number of benzene rings is 3. The molecule has 0 unspecified atom stereocenters. The summed E-state index contributed by atoms with van der Waals surface area (Å²) >= 11 is 0. The van der Waals surface area contributed by atoms with Crippen molar-refractivity contribution in [3.63, 3.8) is 0 Å². The van der Waals surface area contributed by atoms with E-state index >= 15 is 0 Å². The van der Waals surface area contributed by atoms with Crippen molar-refractivity contribution in [2.24, 2.45) is 0 Å². The van der Waals surface area contributed by atoms with Crippen LogP contribution in [0.25, 0.3) is 22.5 Å². The number of ether oxygens (including phenoxy) is 1. The molecule has 5 heteroatoms. The minimum atomic E-state index is 0.505. The number of rotatable bonds is 5. The summed E-state index contributed by atoms with van der Waals surface area (Å²) in [5.41, 5.74) is 4.39. The average molecular weight is 328 g/mol. The van der Waals surface area contributed by atoms with Crippen molar-refractivity contribution in [3.8, 4) is 28.3 Å². The van der Waals surface area contributed by atoms with Crippen molar-refractivity contribution < 1.29 is 4.74 Å². The molecule has 1 N–H and O–H groups in total. The van der Waals surface area contributed by atoms with E-state index in [0.29, 0.717) is 12.4 Å². The predicted octanol–water partition coefficient (Wildman–Crippen LogP) is 4.11. The smallest absolute Gasteiger partial charge is 0.204 e. The highest BCUT2D eigenvalue weighted by atomic mass is 16.5. The Morgan fingerprint density at radius 2 is 1.52 bits per heavy atom. The maximum absolute atomic E-state index is 5.89. The Morgan fingerprint density at radius 1 is 0.760 bits per heavy atom. The Kier molecular flexibility index (Phi) is 4.20. The largest absolute Gasteiger partial charge is 0.489 e. The molecule has 0 atom stereocenters. The van der Waals surface area contributed by atoms with E-state index < -0.39 is 0 Å². The second kappa shape index (κ2) is 6.97. The van der Waals surface area contributed by atoms with Gasteiger partial charge in [0.1, 0.15) is 12.4 Å². The molecule has 3 aromatic carbocycles. The molecule has 4 rings (SSSR count). The SMILES string of the molecule is c1ccc(-c2ccc(COc3cccc(-c4nn[nH]n4)c3)cc2)cc1. The third kappa shape index (κ3) is 3.55. The number of hydrogen-bond acceptors (Lipinski definition) is 4. The lowest BCUT2D eigenvalue weighted by molar-refractivity contribution is 0.306. The van der Waals surface area contributed by atoms with Crippen LogP contribution in [-0.4, -0.2) is 20.6 Å². The van der Waals surface area contributed by atoms with Crippen LogP contribution in [0.5, 0.6) is 5.75 Å². The first-order valence-corrected chi connectivity index (χ1v) is 7.99. The van der Waals surface area contributed by atoms with Gasteiger partial charge in [-0.25, -0.2) is 0 Å². The minimum Gasteiger partial charge on any atom is -0.489 e. The number of aromatic amines is 1. The third-order valence-electron chi connectivity index (χ3n) is 3.90. The number of nitrogens with one attached hydrogen (secondary N) is 1. The number of H-pyrrole nitrogens is 1. The van der Waals surface area contributed by atoms with E-state index in [9.17, 15) is 0 Å². The molecule has 122 valence electrons. The van der Waals surface area contributed by atoms with Crippen molar-refractivity contribution >= 4 is 0 Å². The molecular formula is C20H16N4O. The molecule has 0 saturated heterocycles. The summed E-state index contributed by atoms with van der Waals surface area (Å²) in [5, 5.41) is 14.0. The molecule has 0 aliphatic rings. The fourth-order valence-electron chi connectivity index (χ4n) is 2.60. The molecule has 5 nitrogen and oxygen atoms in total. The van der Waals surface area contributed by atoms with Crippen LogP contribution in [0.1, 0.15) is 5.56 Å². The lowest BCUT2D eigenvalue weighted by Crippen LogP contribution is -1.95. The van der Waals surface area contributed by atoms with Crippen molar-refractivity contribution in [3.05, 3.63) is 84.4 Å². The highest BCUT2D eigenvalue weighted by molar-refractivity contribution is 5.63. The third-order valence-corrected chi connectivity index (χ3v) is 3.90. The van der Waals surface area contributed by atoms with Gasteiger partial charge in [0.25, 0.3) is 0 Å². The van der Waals surface area contributed by atoms with Gasteiger partial charge in [-0.3, -0.25) is 0 Å². The molecule has 1 heterocycles. The van der Waals surface area contributed by atoms with Gasteiger partial charge in [0.2, 0.25) is 5.82 Å². The molecule has 0 amide bonds. The number of hydrogen-bond donors (Lipinski definition) is 1. The fraction of sp³-hybridized carbons (Fsp3) is 0.0500. The first kappa shape index (κ1) is 15.1. The van der Waals surface area contributed by atoms with Gasteiger partial charge >= 0.3 is 0 Å². The first-order valence-electron chi connectivity index (χ1n) is 7.99. The summed E-state index contributed by atoms with van der Waals surface area (Å²) in [6.45, 7) is 0.505. The molecule has 0 fully saturated rings. The molecule has 0 aliphatic heterocycles. The van der Waals surface area contributed by atoms with Crippen LogP contribution in [0.15, 0.2) is 78.9 Å². The van der Waals surface area contributed by atoms with E-state index in [-0.39, 0.29) is 0 Å². The van der Waals surface area contributed by atoms with Crippen molar-refractivity contribution in [1.82, 2.24) is 20.6 Å². The summed E-state index contributed by atoms with van der Waals surface area (Å²) in [6.07, 6.45) is 0. The summed E-state index contributed by atoms with van der Waals surface area (Å²) in [7, 11) is 0. The highest BCUT2D eigenvalue weighted by Gasteiger charge is 2.04. The minimum absolute atomic E-state index is 0.505. The van der Waals surface area contributed by atoms with E-state index in [1.165, 1.54) is 11.1 Å². The predicted molar refractivity (Wildman–Crippen MR) is 95.8 cm³/mol. The Balaban J connectivity index is 1.44. The van der Waals surface area contributed by atoms with E-state index in [0.717, 1.165) is 16.9 Å². The molecule has 0 bridgehead atoms. The molecule has 0 spiro atoms. The van der Waals surface area contributed by atoms with Crippen LogP contribution >= 0.6 is 0 Å². The Hall–Kier alpha value is -3.47. The topological polar surface area (TPSA) is 63.7 Å². The van der Waals surface area contributed by atoms with Crippen LogP contribution < -0.4 is 4.74 Å². The van der Waals surface area contributed by atoms with Crippen LogP contribution in [0.4, 0.5) is 0 Å². The van der Waals surface area contributed by atoms with Crippen molar-refractivity contribution in [2.75, 3.05) is 0 Å². The summed E-state index contributed by atoms with van der Waals surface area (Å²) in [5.74, 6) is 1.33. The zero-order valence-corrected chi connectivity index (χ0v) is 13.5. The molecule has 0 saturated carbocycles. The molecule has 25 heavy (non-hydrogen) atoms. The normalized spacial score (nSPS) is 10.6. The van der Waals surface area contributed by atoms with Crippen LogP contribution in [0.2, 0.25) is 0 Å². The van der Waals surface area contributed by atoms with E-state index in [1.807, 2.05) is 42.5 Å². The van der Waals surface area contributed by atoms with E-state index in [1.54, 1.807) is 0 Å².